The lowest BCUT2D eigenvalue weighted by atomic mass is 10.2. The van der Waals surface area contributed by atoms with E-state index in [1.165, 1.54) is 0 Å². The SMILES string of the molecule is C1CNCCN1.Nc1cc(N)cc(N)c1. The molecule has 15 heavy (non-hydrogen) atoms. The summed E-state index contributed by atoms with van der Waals surface area (Å²) in [5.41, 5.74) is 18.0. The molecule has 0 aromatic heterocycles. The van der Waals surface area contributed by atoms with Crippen LogP contribution in [0, 0.1) is 0 Å². The zero-order chi connectivity index (χ0) is 11.1. The second-order valence-corrected chi connectivity index (χ2v) is 3.43. The Morgan fingerprint density at radius 1 is 0.667 bits per heavy atom. The van der Waals surface area contributed by atoms with Crippen molar-refractivity contribution in [3.05, 3.63) is 18.2 Å². The van der Waals surface area contributed by atoms with Crippen molar-refractivity contribution in [1.82, 2.24) is 10.6 Å². The van der Waals surface area contributed by atoms with Gasteiger partial charge in [-0.1, -0.05) is 0 Å². The number of nitrogens with one attached hydrogen (secondary N) is 2. The van der Waals surface area contributed by atoms with Gasteiger partial charge in [-0.15, -0.1) is 0 Å². The predicted molar refractivity (Wildman–Crippen MR) is 65.4 cm³/mol. The van der Waals surface area contributed by atoms with E-state index in [0.29, 0.717) is 17.1 Å². The quantitative estimate of drug-likeness (QED) is 0.375. The zero-order valence-corrected chi connectivity index (χ0v) is 8.79. The van der Waals surface area contributed by atoms with E-state index in [4.69, 9.17) is 17.2 Å². The van der Waals surface area contributed by atoms with Gasteiger partial charge in [0.05, 0.1) is 0 Å². The van der Waals surface area contributed by atoms with Crippen molar-refractivity contribution in [2.24, 2.45) is 0 Å². The molecular formula is C10H19N5. The van der Waals surface area contributed by atoms with Crippen LogP contribution in [0.25, 0.3) is 0 Å². The van der Waals surface area contributed by atoms with E-state index in [1.54, 1.807) is 18.2 Å². The zero-order valence-electron chi connectivity index (χ0n) is 8.79. The smallest absolute Gasteiger partial charge is 0.0355 e. The Morgan fingerprint density at radius 2 is 0.933 bits per heavy atom. The van der Waals surface area contributed by atoms with Crippen LogP contribution in [-0.2, 0) is 0 Å². The number of anilines is 3. The van der Waals surface area contributed by atoms with Crippen LogP contribution in [0.2, 0.25) is 0 Å². The van der Waals surface area contributed by atoms with E-state index >= 15 is 0 Å². The molecule has 5 heteroatoms. The van der Waals surface area contributed by atoms with Gasteiger partial charge in [-0.3, -0.25) is 0 Å². The first kappa shape index (κ1) is 11.6. The molecule has 0 spiro atoms. The third-order valence-corrected chi connectivity index (χ3v) is 1.96. The lowest BCUT2D eigenvalue weighted by molar-refractivity contribution is 0.534. The van der Waals surface area contributed by atoms with Crippen molar-refractivity contribution in [3.8, 4) is 0 Å². The molecule has 0 bridgehead atoms. The van der Waals surface area contributed by atoms with Gasteiger partial charge in [-0.2, -0.15) is 0 Å². The fraction of sp³-hybridized carbons (Fsp3) is 0.400. The van der Waals surface area contributed by atoms with Gasteiger partial charge in [-0.25, -0.2) is 0 Å². The van der Waals surface area contributed by atoms with Gasteiger partial charge in [0.2, 0.25) is 0 Å². The molecule has 0 saturated carbocycles. The minimum Gasteiger partial charge on any atom is -0.399 e. The highest BCUT2D eigenvalue weighted by molar-refractivity contribution is 5.61. The highest BCUT2D eigenvalue weighted by Gasteiger charge is 1.91. The Morgan fingerprint density at radius 3 is 1.13 bits per heavy atom. The molecule has 0 radical (unpaired) electrons. The molecule has 1 aromatic carbocycles. The first-order valence-electron chi connectivity index (χ1n) is 5.01. The third kappa shape index (κ3) is 5.09. The molecule has 5 nitrogen and oxygen atoms in total. The molecule has 0 aliphatic carbocycles. The van der Waals surface area contributed by atoms with Gasteiger partial charge < -0.3 is 27.8 Å². The van der Waals surface area contributed by atoms with Gasteiger partial charge in [0.25, 0.3) is 0 Å². The molecule has 1 aliphatic heterocycles. The highest BCUT2D eigenvalue weighted by atomic mass is 15.0. The summed E-state index contributed by atoms with van der Waals surface area (Å²) in [5, 5.41) is 6.44. The van der Waals surface area contributed by atoms with Gasteiger partial charge in [0, 0.05) is 43.2 Å². The topological polar surface area (TPSA) is 102 Å². The first-order valence-corrected chi connectivity index (χ1v) is 5.01. The lowest BCUT2D eigenvalue weighted by Gasteiger charge is -2.11. The van der Waals surface area contributed by atoms with Crippen molar-refractivity contribution in [2.45, 2.75) is 0 Å². The van der Waals surface area contributed by atoms with E-state index in [2.05, 4.69) is 10.6 Å². The maximum absolute atomic E-state index is 5.40. The molecule has 0 amide bonds. The molecule has 1 aliphatic rings. The van der Waals surface area contributed by atoms with E-state index in [9.17, 15) is 0 Å². The summed E-state index contributed by atoms with van der Waals surface area (Å²) >= 11 is 0. The fourth-order valence-corrected chi connectivity index (χ4v) is 1.31. The summed E-state index contributed by atoms with van der Waals surface area (Å²) in [4.78, 5) is 0. The van der Waals surface area contributed by atoms with Gasteiger partial charge in [0.1, 0.15) is 0 Å². The largest absolute Gasteiger partial charge is 0.399 e. The van der Waals surface area contributed by atoms with Crippen LogP contribution in [0.4, 0.5) is 17.1 Å². The van der Waals surface area contributed by atoms with E-state index in [-0.39, 0.29) is 0 Å². The Balaban J connectivity index is 0.000000162. The average molecular weight is 209 g/mol. The Hall–Kier alpha value is -1.46. The van der Waals surface area contributed by atoms with E-state index in [0.717, 1.165) is 26.2 Å². The molecule has 2 rings (SSSR count). The third-order valence-electron chi connectivity index (χ3n) is 1.96. The van der Waals surface area contributed by atoms with Crippen LogP contribution in [0.1, 0.15) is 0 Å². The molecular weight excluding hydrogens is 190 g/mol. The Labute approximate surface area is 90.0 Å². The van der Waals surface area contributed by atoms with Crippen molar-refractivity contribution in [3.63, 3.8) is 0 Å². The lowest BCUT2D eigenvalue weighted by Crippen LogP contribution is -2.39. The normalized spacial score (nSPS) is 15.2. The summed E-state index contributed by atoms with van der Waals surface area (Å²) in [6, 6.07) is 4.99. The minimum atomic E-state index is 0.604. The number of piperazine rings is 1. The molecule has 0 unspecified atom stereocenters. The summed E-state index contributed by atoms with van der Waals surface area (Å²) in [6.45, 7) is 4.56. The molecule has 1 heterocycles. The van der Waals surface area contributed by atoms with Crippen LogP contribution >= 0.6 is 0 Å². The average Bonchev–Trinajstić information content (AvgIpc) is 2.19. The van der Waals surface area contributed by atoms with Gasteiger partial charge in [0.15, 0.2) is 0 Å². The predicted octanol–water partition coefficient (Wildman–Crippen LogP) is -0.388. The standard InChI is InChI=1S/C6H9N3.C4H10N2/c7-4-1-5(8)3-6(9)2-4;1-2-6-4-3-5-1/h1-3H,7-9H2;5-6H,1-4H2. The number of hydrogen-bond donors (Lipinski definition) is 5. The van der Waals surface area contributed by atoms with E-state index in [1.807, 2.05) is 0 Å². The van der Waals surface area contributed by atoms with E-state index < -0.39 is 0 Å². The molecule has 8 N–H and O–H groups in total. The second kappa shape index (κ2) is 6.10. The number of nitrogen functional groups attached to an aromatic ring is 3. The summed E-state index contributed by atoms with van der Waals surface area (Å²) in [7, 11) is 0. The minimum absolute atomic E-state index is 0.604. The molecule has 1 saturated heterocycles. The van der Waals surface area contributed by atoms with Crippen LogP contribution in [-0.4, -0.2) is 26.2 Å². The Kier molecular flexibility index (Phi) is 4.73. The first-order chi connectivity index (χ1) is 7.18. The highest BCUT2D eigenvalue weighted by Crippen LogP contribution is 2.14. The van der Waals surface area contributed by atoms with Crippen molar-refractivity contribution in [1.29, 1.82) is 0 Å². The second-order valence-electron chi connectivity index (χ2n) is 3.43. The molecule has 1 fully saturated rings. The Bertz CT molecular complexity index is 234. The summed E-state index contributed by atoms with van der Waals surface area (Å²) in [6.07, 6.45) is 0. The fourth-order valence-electron chi connectivity index (χ4n) is 1.31. The number of hydrogen-bond acceptors (Lipinski definition) is 5. The van der Waals surface area contributed by atoms with Crippen molar-refractivity contribution < 1.29 is 0 Å². The summed E-state index contributed by atoms with van der Waals surface area (Å²) in [5.74, 6) is 0. The molecule has 1 aromatic rings. The van der Waals surface area contributed by atoms with Crippen LogP contribution in [0.5, 0.6) is 0 Å². The van der Waals surface area contributed by atoms with Crippen molar-refractivity contribution >= 4 is 17.1 Å². The summed E-state index contributed by atoms with van der Waals surface area (Å²) < 4.78 is 0. The number of rotatable bonds is 0. The number of benzene rings is 1. The van der Waals surface area contributed by atoms with Gasteiger partial charge in [-0.05, 0) is 18.2 Å². The van der Waals surface area contributed by atoms with Gasteiger partial charge >= 0.3 is 0 Å². The molecule has 0 atom stereocenters. The van der Waals surface area contributed by atoms with Crippen LogP contribution < -0.4 is 27.8 Å². The van der Waals surface area contributed by atoms with Crippen molar-refractivity contribution in [2.75, 3.05) is 43.4 Å². The van der Waals surface area contributed by atoms with Crippen LogP contribution in [0.15, 0.2) is 18.2 Å². The maximum atomic E-state index is 5.40. The maximum Gasteiger partial charge on any atom is 0.0355 e. The number of nitrogens with two attached hydrogens (primary N) is 3. The monoisotopic (exact) mass is 209 g/mol. The van der Waals surface area contributed by atoms with Crippen LogP contribution in [0.3, 0.4) is 0 Å². The molecule has 84 valence electrons.